The summed E-state index contributed by atoms with van der Waals surface area (Å²) in [6.45, 7) is 8.25. The van der Waals surface area contributed by atoms with Gasteiger partial charge in [0.1, 0.15) is 0 Å². The molecule has 2 amide bonds. The number of urea groups is 1. The van der Waals surface area contributed by atoms with Gasteiger partial charge in [-0.05, 0) is 6.92 Å². The van der Waals surface area contributed by atoms with Crippen LogP contribution in [0, 0.1) is 0 Å². The summed E-state index contributed by atoms with van der Waals surface area (Å²) in [7, 11) is 1.79. The lowest BCUT2D eigenvalue weighted by atomic mass is 10.2. The Morgan fingerprint density at radius 2 is 2.41 bits per heavy atom. The minimum Gasteiger partial charge on any atom is -0.332 e. The van der Waals surface area contributed by atoms with Gasteiger partial charge in [-0.25, -0.2) is 9.78 Å². The number of carbonyl (C=O) groups excluding carboxylic acids is 1. The average Bonchev–Trinajstić information content (AvgIpc) is 2.82. The number of nitrogens with one attached hydrogen (secondary N) is 1. The highest BCUT2D eigenvalue weighted by Crippen LogP contribution is 2.18. The molecule has 0 fully saturated rings. The van der Waals surface area contributed by atoms with Crippen molar-refractivity contribution in [2.24, 2.45) is 0 Å². The lowest BCUT2D eigenvalue weighted by molar-refractivity contribution is 0.205. The Labute approximate surface area is 106 Å². The number of hydrogen-bond donors (Lipinski definition) is 1. The maximum atomic E-state index is 11.8. The van der Waals surface area contributed by atoms with Gasteiger partial charge in [-0.2, -0.15) is 0 Å². The predicted molar refractivity (Wildman–Crippen MR) is 71.3 cm³/mol. The average molecular weight is 253 g/mol. The van der Waals surface area contributed by atoms with Crippen molar-refractivity contribution in [3.8, 4) is 0 Å². The monoisotopic (exact) mass is 253 g/mol. The van der Waals surface area contributed by atoms with Crippen molar-refractivity contribution in [2.75, 3.05) is 13.6 Å². The molecule has 0 saturated heterocycles. The molecule has 1 aromatic heterocycles. The highest BCUT2D eigenvalue weighted by Gasteiger charge is 2.15. The number of amides is 2. The highest BCUT2D eigenvalue weighted by atomic mass is 32.1. The van der Waals surface area contributed by atoms with E-state index in [1.165, 1.54) is 0 Å². The molecule has 0 aromatic carbocycles. The topological polar surface area (TPSA) is 45.2 Å². The summed E-state index contributed by atoms with van der Waals surface area (Å²) in [5, 5.41) is 5.84. The van der Waals surface area contributed by atoms with Crippen molar-refractivity contribution in [1.29, 1.82) is 0 Å². The van der Waals surface area contributed by atoms with E-state index in [0.717, 1.165) is 5.01 Å². The summed E-state index contributed by atoms with van der Waals surface area (Å²) in [4.78, 5) is 17.7. The van der Waals surface area contributed by atoms with Crippen molar-refractivity contribution < 1.29 is 4.79 Å². The zero-order valence-corrected chi connectivity index (χ0v) is 11.3. The van der Waals surface area contributed by atoms with Gasteiger partial charge in [0.2, 0.25) is 0 Å². The Kier molecular flexibility index (Phi) is 5.15. The molecule has 2 atom stereocenters. The highest BCUT2D eigenvalue weighted by molar-refractivity contribution is 7.09. The number of rotatable bonds is 5. The molecule has 0 radical (unpaired) electrons. The quantitative estimate of drug-likeness (QED) is 0.819. The number of likely N-dealkylation sites (N-methyl/N-ethyl adjacent to an activating group) is 1. The first-order valence-electron chi connectivity index (χ1n) is 5.58. The molecule has 0 bridgehead atoms. The summed E-state index contributed by atoms with van der Waals surface area (Å²) >= 11 is 1.62. The molecule has 1 rings (SSSR count). The SMILES string of the molecule is C=C[C@H](C)NC(=O)N(C)C[C@H](C)c1nccs1. The molecule has 0 spiro atoms. The maximum absolute atomic E-state index is 11.8. The second-order valence-electron chi connectivity index (χ2n) is 4.13. The van der Waals surface area contributed by atoms with Gasteiger partial charge in [-0.3, -0.25) is 0 Å². The second-order valence-corrected chi connectivity index (χ2v) is 5.05. The van der Waals surface area contributed by atoms with Crippen LogP contribution in [0.2, 0.25) is 0 Å². The van der Waals surface area contributed by atoms with Gasteiger partial charge in [-0.15, -0.1) is 17.9 Å². The van der Waals surface area contributed by atoms with E-state index in [1.807, 2.05) is 12.3 Å². The fourth-order valence-corrected chi connectivity index (χ4v) is 2.10. The summed E-state index contributed by atoms with van der Waals surface area (Å²) in [6.07, 6.45) is 3.49. The van der Waals surface area contributed by atoms with Crippen molar-refractivity contribution in [3.63, 3.8) is 0 Å². The zero-order valence-electron chi connectivity index (χ0n) is 10.5. The van der Waals surface area contributed by atoms with Crippen LogP contribution in [0.25, 0.3) is 0 Å². The number of carbonyl (C=O) groups is 1. The van der Waals surface area contributed by atoms with Crippen LogP contribution in [0.1, 0.15) is 24.8 Å². The van der Waals surface area contributed by atoms with Crippen LogP contribution in [-0.4, -0.2) is 35.5 Å². The van der Waals surface area contributed by atoms with Crippen LogP contribution < -0.4 is 5.32 Å². The molecule has 0 aliphatic carbocycles. The molecule has 94 valence electrons. The molecule has 17 heavy (non-hydrogen) atoms. The van der Waals surface area contributed by atoms with Gasteiger partial charge in [0.05, 0.1) is 5.01 Å². The summed E-state index contributed by atoms with van der Waals surface area (Å²) in [5.41, 5.74) is 0. The molecule has 4 nitrogen and oxygen atoms in total. The van der Waals surface area contributed by atoms with E-state index in [4.69, 9.17) is 0 Å². The Hall–Kier alpha value is -1.36. The molecule has 0 unspecified atom stereocenters. The van der Waals surface area contributed by atoms with Crippen LogP contribution in [0.4, 0.5) is 4.79 Å². The number of hydrogen-bond acceptors (Lipinski definition) is 3. The van der Waals surface area contributed by atoms with E-state index in [1.54, 1.807) is 35.6 Å². The first-order chi connectivity index (χ1) is 8.04. The van der Waals surface area contributed by atoms with Crippen molar-refractivity contribution in [2.45, 2.75) is 25.8 Å². The minimum absolute atomic E-state index is 0.0138. The van der Waals surface area contributed by atoms with Gasteiger partial charge in [-0.1, -0.05) is 13.0 Å². The second kappa shape index (κ2) is 6.39. The largest absolute Gasteiger partial charge is 0.332 e. The minimum atomic E-state index is -0.0826. The Morgan fingerprint density at radius 1 is 1.71 bits per heavy atom. The van der Waals surface area contributed by atoms with Crippen LogP contribution in [-0.2, 0) is 0 Å². The van der Waals surface area contributed by atoms with Gasteiger partial charge in [0.25, 0.3) is 0 Å². The molecule has 1 heterocycles. The van der Waals surface area contributed by atoms with Crippen LogP contribution in [0.15, 0.2) is 24.2 Å². The standard InChI is InChI=1S/C12H19N3OS/c1-5-10(3)14-12(16)15(4)8-9(2)11-13-6-7-17-11/h5-7,9-10H,1,8H2,2-4H3,(H,14,16)/t9-,10-/m0/s1. The third-order valence-electron chi connectivity index (χ3n) is 2.47. The summed E-state index contributed by atoms with van der Waals surface area (Å²) < 4.78 is 0. The lowest BCUT2D eigenvalue weighted by Crippen LogP contribution is -2.42. The fraction of sp³-hybridized carbons (Fsp3) is 0.500. The molecule has 1 N–H and O–H groups in total. The van der Waals surface area contributed by atoms with Crippen molar-refractivity contribution >= 4 is 17.4 Å². The first-order valence-corrected chi connectivity index (χ1v) is 6.46. The molecular weight excluding hydrogens is 234 g/mol. The normalized spacial score (nSPS) is 13.8. The molecule has 0 saturated carbocycles. The van der Waals surface area contributed by atoms with E-state index in [-0.39, 0.29) is 18.0 Å². The van der Waals surface area contributed by atoms with Crippen molar-refractivity contribution in [3.05, 3.63) is 29.2 Å². The van der Waals surface area contributed by atoms with Crippen LogP contribution in [0.5, 0.6) is 0 Å². The van der Waals surface area contributed by atoms with Gasteiger partial charge in [0, 0.05) is 37.1 Å². The maximum Gasteiger partial charge on any atom is 0.317 e. The first kappa shape index (κ1) is 13.7. The Morgan fingerprint density at radius 3 is 2.94 bits per heavy atom. The van der Waals surface area contributed by atoms with Gasteiger partial charge < -0.3 is 10.2 Å². The third kappa shape index (κ3) is 4.19. The van der Waals surface area contributed by atoms with E-state index >= 15 is 0 Å². The van der Waals surface area contributed by atoms with Gasteiger partial charge >= 0.3 is 6.03 Å². The number of thiazole rings is 1. The number of aromatic nitrogens is 1. The summed E-state index contributed by atoms with van der Waals surface area (Å²) in [6, 6.07) is -0.0964. The number of nitrogens with zero attached hydrogens (tertiary/aromatic N) is 2. The van der Waals surface area contributed by atoms with Crippen LogP contribution >= 0.6 is 11.3 Å². The van der Waals surface area contributed by atoms with Crippen LogP contribution in [0.3, 0.4) is 0 Å². The van der Waals surface area contributed by atoms with E-state index in [9.17, 15) is 4.79 Å². The fourth-order valence-electron chi connectivity index (χ4n) is 1.41. The zero-order chi connectivity index (χ0) is 12.8. The lowest BCUT2D eigenvalue weighted by Gasteiger charge is -2.22. The molecule has 0 aliphatic heterocycles. The molecule has 0 aliphatic rings. The Balaban J connectivity index is 2.45. The Bertz CT molecular complexity index is 364. The smallest absolute Gasteiger partial charge is 0.317 e. The predicted octanol–water partition coefficient (Wildman–Crippen LogP) is 2.46. The summed E-state index contributed by atoms with van der Waals surface area (Å²) in [5.74, 6) is 0.254. The molecule has 1 aromatic rings. The molecule has 5 heteroatoms. The van der Waals surface area contributed by atoms with E-state index in [0.29, 0.717) is 6.54 Å². The third-order valence-corrected chi connectivity index (χ3v) is 3.48. The van der Waals surface area contributed by atoms with E-state index < -0.39 is 0 Å². The molecular formula is C12H19N3OS. The van der Waals surface area contributed by atoms with Gasteiger partial charge in [0.15, 0.2) is 0 Å². The van der Waals surface area contributed by atoms with Crippen molar-refractivity contribution in [1.82, 2.24) is 15.2 Å². The van der Waals surface area contributed by atoms with E-state index in [2.05, 4.69) is 23.8 Å².